The second-order valence-corrected chi connectivity index (χ2v) is 7.98. The largest absolute Gasteiger partial charge is 0.438 e. The van der Waals surface area contributed by atoms with Crippen LogP contribution >= 0.6 is 11.8 Å². The van der Waals surface area contributed by atoms with Crippen LogP contribution in [0.1, 0.15) is 5.56 Å². The first-order valence-electron chi connectivity index (χ1n) is 9.99. The van der Waals surface area contributed by atoms with Gasteiger partial charge in [-0.15, -0.1) is 22.0 Å². The summed E-state index contributed by atoms with van der Waals surface area (Å²) in [7, 11) is 0. The first-order chi connectivity index (χ1) is 14.8. The summed E-state index contributed by atoms with van der Waals surface area (Å²) >= 11 is 1.67. The van der Waals surface area contributed by atoms with Gasteiger partial charge in [-0.2, -0.15) is 0 Å². The molecule has 1 saturated heterocycles. The molecule has 1 aliphatic rings. The molecule has 6 nitrogen and oxygen atoms in total. The Kier molecular flexibility index (Phi) is 6.82. The number of aromatic nitrogens is 2. The lowest BCUT2D eigenvalue weighted by Gasteiger charge is -2.35. The number of hydrogen-bond donors (Lipinski definition) is 0. The lowest BCUT2D eigenvalue weighted by atomic mass is 10.2. The van der Waals surface area contributed by atoms with E-state index < -0.39 is 0 Å². The summed E-state index contributed by atoms with van der Waals surface area (Å²) in [6.45, 7) is 2.91. The lowest BCUT2D eigenvalue weighted by Crippen LogP contribution is -2.49. The van der Waals surface area contributed by atoms with E-state index in [0.717, 1.165) is 30.4 Å². The van der Waals surface area contributed by atoms with Gasteiger partial charge in [-0.25, -0.2) is 0 Å². The van der Waals surface area contributed by atoms with Gasteiger partial charge in [0.05, 0.1) is 5.75 Å². The fourth-order valence-electron chi connectivity index (χ4n) is 3.25. The summed E-state index contributed by atoms with van der Waals surface area (Å²) in [5.74, 6) is 3.58. The average molecular weight is 421 g/mol. The van der Waals surface area contributed by atoms with Crippen molar-refractivity contribution in [1.29, 1.82) is 0 Å². The van der Waals surface area contributed by atoms with Crippen LogP contribution in [-0.2, 0) is 10.5 Å². The molecule has 7 heteroatoms. The number of amides is 1. The maximum atomic E-state index is 12.5. The van der Waals surface area contributed by atoms with Crippen molar-refractivity contribution in [3.05, 3.63) is 78.4 Å². The highest BCUT2D eigenvalue weighted by molar-refractivity contribution is 7.99. The molecule has 30 heavy (non-hydrogen) atoms. The van der Waals surface area contributed by atoms with Gasteiger partial charge in [0.2, 0.25) is 11.8 Å². The molecule has 4 rings (SSSR count). The minimum atomic E-state index is 0.202. The number of ether oxygens (including phenoxy) is 1. The second-order valence-electron chi connectivity index (χ2n) is 6.99. The number of thioether (sulfide) groups is 1. The van der Waals surface area contributed by atoms with Crippen molar-refractivity contribution in [3.8, 4) is 11.6 Å². The van der Waals surface area contributed by atoms with E-state index in [9.17, 15) is 4.79 Å². The van der Waals surface area contributed by atoms with Crippen LogP contribution in [0.15, 0.2) is 72.8 Å². The van der Waals surface area contributed by atoms with Crippen molar-refractivity contribution in [2.24, 2.45) is 0 Å². The molecule has 1 amide bonds. The molecular formula is C23H24N4O2S. The summed E-state index contributed by atoms with van der Waals surface area (Å²) in [5, 5.41) is 8.47. The van der Waals surface area contributed by atoms with Gasteiger partial charge in [0, 0.05) is 38.0 Å². The predicted molar refractivity (Wildman–Crippen MR) is 120 cm³/mol. The van der Waals surface area contributed by atoms with Gasteiger partial charge >= 0.3 is 0 Å². The molecule has 1 aliphatic heterocycles. The van der Waals surface area contributed by atoms with Crippen LogP contribution in [0, 0.1) is 0 Å². The van der Waals surface area contributed by atoms with E-state index in [4.69, 9.17) is 4.74 Å². The van der Waals surface area contributed by atoms with Crippen LogP contribution in [0.25, 0.3) is 0 Å². The number of nitrogens with zero attached hydrogens (tertiary/aromatic N) is 4. The van der Waals surface area contributed by atoms with Crippen molar-refractivity contribution in [2.45, 2.75) is 5.75 Å². The van der Waals surface area contributed by atoms with Gasteiger partial charge in [-0.3, -0.25) is 4.79 Å². The van der Waals surface area contributed by atoms with Crippen LogP contribution in [0.3, 0.4) is 0 Å². The third kappa shape index (κ3) is 5.51. The highest BCUT2D eigenvalue weighted by Gasteiger charge is 2.22. The Labute approximate surface area is 180 Å². The zero-order valence-corrected chi connectivity index (χ0v) is 17.5. The number of benzene rings is 2. The summed E-state index contributed by atoms with van der Waals surface area (Å²) in [6.07, 6.45) is 0. The molecular weight excluding hydrogens is 396 g/mol. The summed E-state index contributed by atoms with van der Waals surface area (Å²) in [5.41, 5.74) is 1.25. The van der Waals surface area contributed by atoms with Crippen LogP contribution in [0.5, 0.6) is 11.6 Å². The smallest absolute Gasteiger partial charge is 0.238 e. The third-order valence-electron chi connectivity index (χ3n) is 4.89. The Morgan fingerprint density at radius 2 is 1.57 bits per heavy atom. The lowest BCUT2D eigenvalue weighted by molar-refractivity contribution is -0.128. The number of hydrogen-bond acceptors (Lipinski definition) is 6. The van der Waals surface area contributed by atoms with E-state index in [1.807, 2.05) is 65.6 Å². The molecule has 0 spiro atoms. The number of anilines is 1. The third-order valence-corrected chi connectivity index (χ3v) is 5.87. The number of carbonyl (C=O) groups excluding carboxylic acids is 1. The van der Waals surface area contributed by atoms with E-state index in [1.165, 1.54) is 5.56 Å². The van der Waals surface area contributed by atoms with Gasteiger partial charge in [-0.05, 0) is 23.8 Å². The molecule has 0 atom stereocenters. The molecule has 1 aromatic heterocycles. The van der Waals surface area contributed by atoms with E-state index >= 15 is 0 Å². The Morgan fingerprint density at radius 3 is 2.23 bits per heavy atom. The Hall–Kier alpha value is -3.06. The Morgan fingerprint density at radius 1 is 0.867 bits per heavy atom. The Bertz CT molecular complexity index is 930. The predicted octanol–water partition coefficient (Wildman–Crippen LogP) is 3.85. The first-order valence-corrected chi connectivity index (χ1v) is 11.1. The van der Waals surface area contributed by atoms with Gasteiger partial charge in [-0.1, -0.05) is 48.5 Å². The van der Waals surface area contributed by atoms with Gasteiger partial charge < -0.3 is 14.5 Å². The van der Waals surface area contributed by atoms with Gasteiger partial charge in [0.15, 0.2) is 5.82 Å². The topological polar surface area (TPSA) is 58.6 Å². The Balaban J connectivity index is 1.22. The van der Waals surface area contributed by atoms with Crippen molar-refractivity contribution < 1.29 is 9.53 Å². The number of piperazine rings is 1. The zero-order valence-electron chi connectivity index (χ0n) is 16.7. The molecule has 0 saturated carbocycles. The highest BCUT2D eigenvalue weighted by Crippen LogP contribution is 2.21. The van der Waals surface area contributed by atoms with Crippen molar-refractivity contribution >= 4 is 23.5 Å². The number of para-hydroxylation sites is 1. The summed E-state index contributed by atoms with van der Waals surface area (Å²) < 4.78 is 5.69. The monoisotopic (exact) mass is 420 g/mol. The molecule has 154 valence electrons. The SMILES string of the molecule is O=C(CSCc1ccccc1)N1CCN(c2ccc(Oc3ccccc3)nn2)CC1. The maximum Gasteiger partial charge on any atom is 0.238 e. The minimum Gasteiger partial charge on any atom is -0.438 e. The molecule has 2 aromatic carbocycles. The van der Waals surface area contributed by atoms with Crippen LogP contribution < -0.4 is 9.64 Å². The number of carbonyl (C=O) groups is 1. The van der Waals surface area contributed by atoms with Crippen molar-refractivity contribution in [2.75, 3.05) is 36.8 Å². The molecule has 0 N–H and O–H groups in total. The summed E-state index contributed by atoms with van der Waals surface area (Å²) in [6, 6.07) is 23.5. The van der Waals surface area contributed by atoms with E-state index in [2.05, 4.69) is 27.2 Å². The van der Waals surface area contributed by atoms with Crippen molar-refractivity contribution in [3.63, 3.8) is 0 Å². The van der Waals surface area contributed by atoms with Crippen LogP contribution in [0.4, 0.5) is 5.82 Å². The molecule has 1 fully saturated rings. The minimum absolute atomic E-state index is 0.202. The fraction of sp³-hybridized carbons (Fsp3) is 0.261. The summed E-state index contributed by atoms with van der Waals surface area (Å²) in [4.78, 5) is 16.6. The van der Waals surface area contributed by atoms with Gasteiger partial charge in [0.1, 0.15) is 5.75 Å². The average Bonchev–Trinajstić information content (AvgIpc) is 2.81. The normalized spacial score (nSPS) is 13.9. The standard InChI is InChI=1S/C23H24N4O2S/c28-23(18-30-17-19-7-3-1-4-8-19)27-15-13-26(14-16-27)21-11-12-22(25-24-21)29-20-9-5-2-6-10-20/h1-12H,13-18H2. The molecule has 0 radical (unpaired) electrons. The van der Waals surface area contributed by atoms with Crippen molar-refractivity contribution in [1.82, 2.24) is 15.1 Å². The highest BCUT2D eigenvalue weighted by atomic mass is 32.2. The van der Waals surface area contributed by atoms with E-state index in [1.54, 1.807) is 11.8 Å². The van der Waals surface area contributed by atoms with Crippen LogP contribution in [-0.4, -0.2) is 52.9 Å². The van der Waals surface area contributed by atoms with E-state index in [0.29, 0.717) is 24.7 Å². The zero-order chi connectivity index (χ0) is 20.6. The quantitative estimate of drug-likeness (QED) is 0.579. The number of rotatable bonds is 7. The molecule has 3 aromatic rings. The molecule has 0 bridgehead atoms. The van der Waals surface area contributed by atoms with E-state index in [-0.39, 0.29) is 5.91 Å². The molecule has 2 heterocycles. The fourth-order valence-corrected chi connectivity index (χ4v) is 4.14. The van der Waals surface area contributed by atoms with Gasteiger partial charge in [0.25, 0.3) is 0 Å². The second kappa shape index (κ2) is 10.1. The maximum absolute atomic E-state index is 12.5. The van der Waals surface area contributed by atoms with Crippen LogP contribution in [0.2, 0.25) is 0 Å². The molecule has 0 unspecified atom stereocenters. The molecule has 0 aliphatic carbocycles. The first kappa shape index (κ1) is 20.2.